The van der Waals surface area contributed by atoms with Crippen molar-refractivity contribution in [3.63, 3.8) is 0 Å². The highest BCUT2D eigenvalue weighted by molar-refractivity contribution is 6.30. The molecule has 0 saturated carbocycles. The highest BCUT2D eigenvalue weighted by atomic mass is 35.5. The standard InChI is InChI=1S/C20H19ClN4O/c21-17-8-6-15(7-9-17)12-13-22-20(26)18-10-11-19(25-24-18)23-14-16-4-2-1-3-5-16/h1-11H,12-14H2,(H,22,26)(H,23,25). The van der Waals surface area contributed by atoms with Crippen LogP contribution in [0.25, 0.3) is 0 Å². The van der Waals surface area contributed by atoms with E-state index in [9.17, 15) is 4.79 Å². The Morgan fingerprint density at radius 1 is 0.885 bits per heavy atom. The van der Waals surface area contributed by atoms with Crippen molar-refractivity contribution < 1.29 is 4.79 Å². The molecule has 0 aliphatic heterocycles. The molecule has 6 heteroatoms. The van der Waals surface area contributed by atoms with Crippen LogP contribution >= 0.6 is 11.6 Å². The van der Waals surface area contributed by atoms with E-state index in [4.69, 9.17) is 11.6 Å². The highest BCUT2D eigenvalue weighted by Gasteiger charge is 2.07. The third kappa shape index (κ3) is 5.29. The fourth-order valence-electron chi connectivity index (χ4n) is 2.40. The minimum absolute atomic E-state index is 0.235. The minimum atomic E-state index is -0.235. The Bertz CT molecular complexity index is 836. The number of rotatable bonds is 7. The van der Waals surface area contributed by atoms with E-state index in [1.807, 2.05) is 54.6 Å². The molecule has 1 heterocycles. The number of nitrogens with zero attached hydrogens (tertiary/aromatic N) is 2. The van der Waals surface area contributed by atoms with Gasteiger partial charge < -0.3 is 10.6 Å². The van der Waals surface area contributed by atoms with E-state index in [0.717, 1.165) is 17.5 Å². The summed E-state index contributed by atoms with van der Waals surface area (Å²) in [4.78, 5) is 12.1. The summed E-state index contributed by atoms with van der Waals surface area (Å²) in [6.45, 7) is 1.18. The number of halogens is 1. The monoisotopic (exact) mass is 366 g/mol. The van der Waals surface area contributed by atoms with Crippen LogP contribution in [0, 0.1) is 0 Å². The first kappa shape index (κ1) is 17.9. The second-order valence-corrected chi connectivity index (χ2v) is 6.21. The molecule has 2 aromatic carbocycles. The zero-order valence-electron chi connectivity index (χ0n) is 14.2. The Kier molecular flexibility index (Phi) is 6.17. The Labute approximate surface area is 157 Å². The third-order valence-corrected chi connectivity index (χ3v) is 4.08. The molecule has 0 aliphatic carbocycles. The Morgan fingerprint density at radius 2 is 1.65 bits per heavy atom. The molecule has 132 valence electrons. The Balaban J connectivity index is 1.46. The van der Waals surface area contributed by atoms with Crippen LogP contribution in [-0.2, 0) is 13.0 Å². The Morgan fingerprint density at radius 3 is 2.35 bits per heavy atom. The van der Waals surface area contributed by atoms with Gasteiger partial charge in [-0.3, -0.25) is 4.79 Å². The van der Waals surface area contributed by atoms with Crippen LogP contribution in [0.1, 0.15) is 21.6 Å². The van der Waals surface area contributed by atoms with Gasteiger partial charge in [0, 0.05) is 18.1 Å². The lowest BCUT2D eigenvalue weighted by atomic mass is 10.1. The number of hydrogen-bond acceptors (Lipinski definition) is 4. The smallest absolute Gasteiger partial charge is 0.271 e. The summed E-state index contributed by atoms with van der Waals surface area (Å²) in [6, 6.07) is 21.0. The maximum atomic E-state index is 12.1. The van der Waals surface area contributed by atoms with E-state index in [0.29, 0.717) is 29.6 Å². The van der Waals surface area contributed by atoms with E-state index in [-0.39, 0.29) is 5.91 Å². The molecule has 0 fully saturated rings. The normalized spacial score (nSPS) is 10.3. The van der Waals surface area contributed by atoms with Crippen LogP contribution in [0.15, 0.2) is 66.7 Å². The van der Waals surface area contributed by atoms with Crippen LogP contribution < -0.4 is 10.6 Å². The zero-order valence-corrected chi connectivity index (χ0v) is 14.9. The SMILES string of the molecule is O=C(NCCc1ccc(Cl)cc1)c1ccc(NCc2ccccc2)nn1. The largest absolute Gasteiger partial charge is 0.365 e. The van der Waals surface area contributed by atoms with Gasteiger partial charge in [-0.15, -0.1) is 10.2 Å². The number of carbonyl (C=O) groups is 1. The molecule has 5 nitrogen and oxygen atoms in total. The number of carbonyl (C=O) groups excluding carboxylic acids is 1. The number of amides is 1. The van der Waals surface area contributed by atoms with Crippen molar-refractivity contribution in [3.8, 4) is 0 Å². The van der Waals surface area contributed by atoms with Crippen molar-refractivity contribution in [3.05, 3.63) is 88.6 Å². The maximum Gasteiger partial charge on any atom is 0.271 e. The van der Waals surface area contributed by atoms with Gasteiger partial charge >= 0.3 is 0 Å². The third-order valence-electron chi connectivity index (χ3n) is 3.83. The molecule has 0 radical (unpaired) electrons. The van der Waals surface area contributed by atoms with Gasteiger partial charge in [0.05, 0.1) is 0 Å². The van der Waals surface area contributed by atoms with Gasteiger partial charge in [-0.2, -0.15) is 0 Å². The molecular weight excluding hydrogens is 348 g/mol. The van der Waals surface area contributed by atoms with Crippen molar-refractivity contribution in [1.82, 2.24) is 15.5 Å². The molecular formula is C20H19ClN4O. The van der Waals surface area contributed by atoms with Crippen molar-refractivity contribution in [2.75, 3.05) is 11.9 Å². The van der Waals surface area contributed by atoms with Gasteiger partial charge in [0.15, 0.2) is 5.69 Å². The molecule has 0 saturated heterocycles. The number of hydrogen-bond donors (Lipinski definition) is 2. The van der Waals surface area contributed by atoms with Gasteiger partial charge in [-0.1, -0.05) is 54.1 Å². The van der Waals surface area contributed by atoms with Gasteiger partial charge in [-0.25, -0.2) is 0 Å². The topological polar surface area (TPSA) is 66.9 Å². The number of anilines is 1. The van der Waals surface area contributed by atoms with Crippen LogP contribution in [0.5, 0.6) is 0 Å². The van der Waals surface area contributed by atoms with Crippen molar-refractivity contribution in [1.29, 1.82) is 0 Å². The van der Waals surface area contributed by atoms with Crippen molar-refractivity contribution in [2.45, 2.75) is 13.0 Å². The minimum Gasteiger partial charge on any atom is -0.365 e. The van der Waals surface area contributed by atoms with E-state index in [1.165, 1.54) is 0 Å². The molecule has 3 rings (SSSR count). The average Bonchev–Trinajstić information content (AvgIpc) is 2.69. The molecule has 1 amide bonds. The second-order valence-electron chi connectivity index (χ2n) is 5.78. The van der Waals surface area contributed by atoms with Gasteiger partial charge in [0.2, 0.25) is 0 Å². The molecule has 2 N–H and O–H groups in total. The first-order valence-electron chi connectivity index (χ1n) is 8.35. The van der Waals surface area contributed by atoms with E-state index < -0.39 is 0 Å². The number of nitrogens with one attached hydrogen (secondary N) is 2. The average molecular weight is 367 g/mol. The lowest BCUT2D eigenvalue weighted by molar-refractivity contribution is 0.0948. The molecule has 3 aromatic rings. The lowest BCUT2D eigenvalue weighted by Crippen LogP contribution is -2.26. The van der Waals surface area contributed by atoms with E-state index in [2.05, 4.69) is 20.8 Å². The molecule has 0 atom stereocenters. The number of benzene rings is 2. The fraction of sp³-hybridized carbons (Fsp3) is 0.150. The predicted octanol–water partition coefficient (Wildman–Crippen LogP) is 3.71. The quantitative estimate of drug-likeness (QED) is 0.668. The van der Waals surface area contributed by atoms with E-state index in [1.54, 1.807) is 12.1 Å². The zero-order chi connectivity index (χ0) is 18.2. The second kappa shape index (κ2) is 8.97. The van der Waals surface area contributed by atoms with Crippen LogP contribution in [0.2, 0.25) is 5.02 Å². The molecule has 0 spiro atoms. The highest BCUT2D eigenvalue weighted by Crippen LogP contribution is 2.10. The predicted molar refractivity (Wildman–Crippen MR) is 103 cm³/mol. The Hall–Kier alpha value is -2.92. The maximum absolute atomic E-state index is 12.1. The molecule has 1 aromatic heterocycles. The summed E-state index contributed by atoms with van der Waals surface area (Å²) in [5.41, 5.74) is 2.56. The van der Waals surface area contributed by atoms with Crippen molar-refractivity contribution in [2.24, 2.45) is 0 Å². The first-order valence-corrected chi connectivity index (χ1v) is 8.73. The lowest BCUT2D eigenvalue weighted by Gasteiger charge is -2.07. The van der Waals surface area contributed by atoms with Crippen LogP contribution in [0.4, 0.5) is 5.82 Å². The van der Waals surface area contributed by atoms with Crippen molar-refractivity contribution >= 4 is 23.3 Å². The molecule has 26 heavy (non-hydrogen) atoms. The summed E-state index contributed by atoms with van der Waals surface area (Å²) in [6.07, 6.45) is 0.729. The van der Waals surface area contributed by atoms with Crippen LogP contribution in [0.3, 0.4) is 0 Å². The van der Waals surface area contributed by atoms with Crippen LogP contribution in [-0.4, -0.2) is 22.6 Å². The molecule has 0 aliphatic rings. The van der Waals surface area contributed by atoms with Gasteiger partial charge in [-0.05, 0) is 41.8 Å². The molecule has 0 unspecified atom stereocenters. The first-order chi connectivity index (χ1) is 12.7. The summed E-state index contributed by atoms with van der Waals surface area (Å²) in [7, 11) is 0. The number of aromatic nitrogens is 2. The van der Waals surface area contributed by atoms with Gasteiger partial charge in [0.1, 0.15) is 5.82 Å². The molecule has 0 bridgehead atoms. The summed E-state index contributed by atoms with van der Waals surface area (Å²) in [5, 5.41) is 14.8. The fourth-order valence-corrected chi connectivity index (χ4v) is 2.52. The summed E-state index contributed by atoms with van der Waals surface area (Å²) in [5.74, 6) is 0.396. The summed E-state index contributed by atoms with van der Waals surface area (Å²) < 4.78 is 0. The van der Waals surface area contributed by atoms with E-state index >= 15 is 0 Å². The summed E-state index contributed by atoms with van der Waals surface area (Å²) >= 11 is 5.86. The van der Waals surface area contributed by atoms with Gasteiger partial charge in [0.25, 0.3) is 5.91 Å².